The Balaban J connectivity index is 5.03. The predicted octanol–water partition coefficient (Wildman–Crippen LogP) is 1.77. The van der Waals surface area contributed by atoms with Crippen LogP contribution in [-0.2, 0) is 23.4 Å². The van der Waals surface area contributed by atoms with Gasteiger partial charge in [0.2, 0.25) is 0 Å². The van der Waals surface area contributed by atoms with Crippen molar-refractivity contribution >= 4 is 17.4 Å². The van der Waals surface area contributed by atoms with Crippen LogP contribution in [0.4, 0.5) is 0 Å². The summed E-state index contributed by atoms with van der Waals surface area (Å²) in [6, 6.07) is 0. The maximum atomic E-state index is 11.8. The maximum Gasteiger partial charge on any atom is 0.372 e. The smallest absolute Gasteiger partial charge is 0.305 e. The topological polar surface area (TPSA) is 69.7 Å². The summed E-state index contributed by atoms with van der Waals surface area (Å²) >= 11 is 0. The highest BCUT2D eigenvalue weighted by Gasteiger charge is 2.34. The Morgan fingerprint density at radius 3 is 1.86 bits per heavy atom. The van der Waals surface area contributed by atoms with Gasteiger partial charge in [-0.2, -0.15) is 0 Å². The van der Waals surface area contributed by atoms with E-state index >= 15 is 0 Å². The molecule has 0 N–H and O–H groups in total. The highest BCUT2D eigenvalue weighted by Crippen LogP contribution is 2.56. The number of hydrogen-bond donors (Lipinski definition) is 0. The Labute approximate surface area is 84.6 Å². The van der Waals surface area contributed by atoms with E-state index in [4.69, 9.17) is 9.05 Å². The van der Waals surface area contributed by atoms with Gasteiger partial charge in [0.15, 0.2) is 9.84 Å². The molecule has 14 heavy (non-hydrogen) atoms. The van der Waals surface area contributed by atoms with Gasteiger partial charge in [0, 0.05) is 6.26 Å². The predicted molar refractivity (Wildman–Crippen MR) is 54.8 cm³/mol. The molecule has 0 unspecified atom stereocenters. The minimum absolute atomic E-state index is 0.103. The van der Waals surface area contributed by atoms with Crippen LogP contribution in [0.1, 0.15) is 13.8 Å². The molecule has 0 saturated carbocycles. The van der Waals surface area contributed by atoms with Crippen molar-refractivity contribution in [1.29, 1.82) is 0 Å². The van der Waals surface area contributed by atoms with E-state index in [1.807, 2.05) is 0 Å². The molecular weight excluding hydrogens is 227 g/mol. The van der Waals surface area contributed by atoms with E-state index < -0.39 is 22.1 Å². The molecule has 84 valence electrons. The summed E-state index contributed by atoms with van der Waals surface area (Å²) in [5.74, 6) is 0. The van der Waals surface area contributed by atoms with E-state index in [9.17, 15) is 13.0 Å². The molecular formula is C7H15O5PS. The Morgan fingerprint density at radius 2 is 1.64 bits per heavy atom. The maximum absolute atomic E-state index is 11.8. The molecule has 0 atom stereocenters. The second-order valence-electron chi connectivity index (χ2n) is 2.50. The van der Waals surface area contributed by atoms with Crippen molar-refractivity contribution in [2.75, 3.05) is 19.5 Å². The third-order valence-corrected chi connectivity index (χ3v) is 5.66. The van der Waals surface area contributed by atoms with Crippen LogP contribution < -0.4 is 0 Å². The molecule has 0 aromatic rings. The molecule has 7 heteroatoms. The molecule has 0 heterocycles. The lowest BCUT2D eigenvalue weighted by molar-refractivity contribution is 0.228. The summed E-state index contributed by atoms with van der Waals surface area (Å²) in [6.07, 6.45) is 0.917. The normalized spacial score (nSPS) is 12.8. The summed E-state index contributed by atoms with van der Waals surface area (Å²) in [7, 11) is -7.33. The van der Waals surface area contributed by atoms with E-state index in [0.29, 0.717) is 0 Å². The molecule has 0 rings (SSSR count). The molecule has 0 aliphatic rings. The quantitative estimate of drug-likeness (QED) is 0.664. The van der Waals surface area contributed by atoms with Crippen molar-refractivity contribution < 1.29 is 22.0 Å². The van der Waals surface area contributed by atoms with Crippen molar-refractivity contribution in [3.05, 3.63) is 11.2 Å². The van der Waals surface area contributed by atoms with Gasteiger partial charge >= 0.3 is 7.60 Å². The van der Waals surface area contributed by atoms with Gasteiger partial charge in [0.05, 0.1) is 13.2 Å². The molecule has 0 aliphatic carbocycles. The van der Waals surface area contributed by atoms with Crippen molar-refractivity contribution in [3.63, 3.8) is 0 Å². The summed E-state index contributed by atoms with van der Waals surface area (Å²) < 4.78 is 43.2. The third-order valence-electron chi connectivity index (χ3n) is 1.33. The lowest BCUT2D eigenvalue weighted by Gasteiger charge is -2.17. The molecule has 0 saturated heterocycles. The first-order chi connectivity index (χ1) is 6.28. The molecule has 0 bridgehead atoms. The second-order valence-corrected chi connectivity index (χ2v) is 6.89. The average molecular weight is 242 g/mol. The Kier molecular flexibility index (Phi) is 5.01. The first-order valence-corrected chi connectivity index (χ1v) is 7.50. The zero-order valence-corrected chi connectivity index (χ0v) is 10.2. The zero-order chi connectivity index (χ0) is 11.4. The van der Waals surface area contributed by atoms with Gasteiger partial charge in [-0.15, -0.1) is 0 Å². The Hall–Kier alpha value is -0.160. The highest BCUT2D eigenvalue weighted by atomic mass is 32.2. The molecule has 0 aromatic heterocycles. The van der Waals surface area contributed by atoms with E-state index in [1.165, 1.54) is 0 Å². The molecule has 0 spiro atoms. The summed E-state index contributed by atoms with van der Waals surface area (Å²) in [4.78, 5) is 0. The van der Waals surface area contributed by atoms with Crippen LogP contribution in [-0.4, -0.2) is 27.9 Å². The van der Waals surface area contributed by atoms with Gasteiger partial charge in [-0.1, -0.05) is 6.58 Å². The number of hydrogen-bond acceptors (Lipinski definition) is 5. The van der Waals surface area contributed by atoms with Crippen LogP contribution in [0.15, 0.2) is 11.2 Å². The van der Waals surface area contributed by atoms with Gasteiger partial charge in [0.25, 0.3) is 0 Å². The highest BCUT2D eigenvalue weighted by molar-refractivity contribution is 8.02. The van der Waals surface area contributed by atoms with E-state index in [-0.39, 0.29) is 13.2 Å². The summed E-state index contributed by atoms with van der Waals surface area (Å²) in [5, 5.41) is 0. The molecule has 0 amide bonds. The Bertz CT molecular complexity index is 335. The van der Waals surface area contributed by atoms with E-state index in [0.717, 1.165) is 6.26 Å². The lowest BCUT2D eigenvalue weighted by Crippen LogP contribution is -2.06. The molecule has 0 aromatic carbocycles. The van der Waals surface area contributed by atoms with Gasteiger partial charge in [-0.05, 0) is 13.8 Å². The number of rotatable bonds is 6. The average Bonchev–Trinajstić information content (AvgIpc) is 2.02. The van der Waals surface area contributed by atoms with Crippen molar-refractivity contribution in [2.24, 2.45) is 0 Å². The monoisotopic (exact) mass is 242 g/mol. The van der Waals surface area contributed by atoms with E-state index in [2.05, 4.69) is 6.58 Å². The van der Waals surface area contributed by atoms with Crippen molar-refractivity contribution in [2.45, 2.75) is 13.8 Å². The zero-order valence-electron chi connectivity index (χ0n) is 8.52. The van der Waals surface area contributed by atoms with Crippen molar-refractivity contribution in [1.82, 2.24) is 0 Å². The lowest BCUT2D eigenvalue weighted by atomic mass is 10.9. The summed E-state index contributed by atoms with van der Waals surface area (Å²) in [5.41, 5.74) is 0. The van der Waals surface area contributed by atoms with Crippen LogP contribution in [0.3, 0.4) is 0 Å². The van der Waals surface area contributed by atoms with Gasteiger partial charge < -0.3 is 9.05 Å². The standard InChI is InChI=1S/C7H15O5PS/c1-5-11-13(8,12-6-2)7(3)14(4,9)10/h3,5-6H2,1-2,4H3. The SMILES string of the molecule is C=C(P(=O)(OCC)OCC)S(C)(=O)=O. The molecule has 0 aliphatic heterocycles. The van der Waals surface area contributed by atoms with Crippen LogP contribution in [0.5, 0.6) is 0 Å². The van der Waals surface area contributed by atoms with Crippen LogP contribution in [0, 0.1) is 0 Å². The van der Waals surface area contributed by atoms with Gasteiger partial charge in [-0.25, -0.2) is 8.42 Å². The first-order valence-electron chi connectivity index (χ1n) is 4.06. The minimum Gasteiger partial charge on any atom is -0.305 e. The molecule has 0 radical (unpaired) electrons. The second kappa shape index (κ2) is 5.07. The van der Waals surface area contributed by atoms with Crippen LogP contribution >= 0.6 is 7.60 Å². The fourth-order valence-corrected chi connectivity index (χ4v) is 3.71. The fraction of sp³-hybridized carbons (Fsp3) is 0.714. The van der Waals surface area contributed by atoms with Gasteiger partial charge in [-0.3, -0.25) is 4.57 Å². The Morgan fingerprint density at radius 1 is 1.29 bits per heavy atom. The van der Waals surface area contributed by atoms with Crippen LogP contribution in [0.2, 0.25) is 0 Å². The number of sulfone groups is 1. The van der Waals surface area contributed by atoms with Gasteiger partial charge in [0.1, 0.15) is 4.65 Å². The molecule has 5 nitrogen and oxygen atoms in total. The van der Waals surface area contributed by atoms with E-state index in [1.54, 1.807) is 13.8 Å². The minimum atomic E-state index is -3.71. The third kappa shape index (κ3) is 3.53. The van der Waals surface area contributed by atoms with Crippen molar-refractivity contribution in [3.8, 4) is 0 Å². The summed E-state index contributed by atoms with van der Waals surface area (Å²) in [6.45, 7) is 6.64. The van der Waals surface area contributed by atoms with Crippen LogP contribution in [0.25, 0.3) is 0 Å². The first kappa shape index (κ1) is 13.8. The largest absolute Gasteiger partial charge is 0.372 e. The fourth-order valence-electron chi connectivity index (χ4n) is 0.724. The molecule has 0 fully saturated rings.